The molecule has 0 saturated carbocycles. The minimum absolute atomic E-state index is 0.00967. The van der Waals surface area contributed by atoms with Gasteiger partial charge in [0.25, 0.3) is 0 Å². The highest BCUT2D eigenvalue weighted by atomic mass is 16.6. The molecule has 1 amide bonds. The summed E-state index contributed by atoms with van der Waals surface area (Å²) in [7, 11) is 0. The molecule has 0 aromatic heterocycles. The lowest BCUT2D eigenvalue weighted by Gasteiger charge is -2.23. The number of amides is 1. The van der Waals surface area contributed by atoms with E-state index in [1.807, 2.05) is 37.3 Å². The molecule has 1 aromatic carbocycles. The molecule has 0 spiro atoms. The van der Waals surface area contributed by atoms with E-state index in [4.69, 9.17) is 4.74 Å². The second-order valence-electron chi connectivity index (χ2n) is 5.71. The molecule has 4 heteroatoms. The maximum atomic E-state index is 12.2. The summed E-state index contributed by atoms with van der Waals surface area (Å²) in [6.07, 6.45) is 0.601. The van der Waals surface area contributed by atoms with Crippen molar-refractivity contribution in [1.82, 2.24) is 5.32 Å². The second kappa shape index (κ2) is 7.08. The van der Waals surface area contributed by atoms with Gasteiger partial charge in [-0.2, -0.15) is 0 Å². The van der Waals surface area contributed by atoms with Crippen LogP contribution in [0.1, 0.15) is 52.1 Å². The van der Waals surface area contributed by atoms with Gasteiger partial charge in [-0.3, -0.25) is 4.79 Å². The van der Waals surface area contributed by atoms with E-state index in [0.717, 1.165) is 12.0 Å². The first-order chi connectivity index (χ1) is 9.33. The number of benzene rings is 1. The molecule has 1 N–H and O–H groups in total. The fourth-order valence-corrected chi connectivity index (χ4v) is 1.81. The zero-order valence-electron chi connectivity index (χ0n) is 12.6. The third kappa shape index (κ3) is 5.43. The molecular formula is C16H23NO3. The van der Waals surface area contributed by atoms with Crippen molar-refractivity contribution < 1.29 is 14.3 Å². The van der Waals surface area contributed by atoms with Crippen molar-refractivity contribution in [1.29, 1.82) is 0 Å². The summed E-state index contributed by atoms with van der Waals surface area (Å²) in [5.41, 5.74) is 0.191. The summed E-state index contributed by atoms with van der Waals surface area (Å²) in [5, 5.41) is 2.66. The Labute approximate surface area is 120 Å². The van der Waals surface area contributed by atoms with Crippen LogP contribution in [0.15, 0.2) is 30.3 Å². The van der Waals surface area contributed by atoms with E-state index < -0.39 is 17.7 Å². The lowest BCUT2D eigenvalue weighted by Crippen LogP contribution is -2.38. The highest BCUT2D eigenvalue weighted by molar-refractivity contribution is 5.88. The van der Waals surface area contributed by atoms with Gasteiger partial charge in [0.15, 0.2) is 5.78 Å². The number of nitrogens with one attached hydrogen (secondary N) is 1. The Hall–Kier alpha value is -1.84. The Bertz CT molecular complexity index is 449. The molecular weight excluding hydrogens is 254 g/mol. The smallest absolute Gasteiger partial charge is 0.408 e. The van der Waals surface area contributed by atoms with Crippen molar-refractivity contribution in [3.05, 3.63) is 35.9 Å². The van der Waals surface area contributed by atoms with Gasteiger partial charge < -0.3 is 10.1 Å². The lowest BCUT2D eigenvalue weighted by atomic mass is 10.00. The molecule has 0 aliphatic rings. The molecule has 0 fully saturated rings. The minimum Gasteiger partial charge on any atom is -0.444 e. The fourth-order valence-electron chi connectivity index (χ4n) is 1.81. The average Bonchev–Trinajstić information content (AvgIpc) is 2.35. The van der Waals surface area contributed by atoms with Crippen LogP contribution in [0.3, 0.4) is 0 Å². The number of carbonyl (C=O) groups is 2. The van der Waals surface area contributed by atoms with Gasteiger partial charge in [0.2, 0.25) is 0 Å². The fraction of sp³-hybridized carbons (Fsp3) is 0.500. The monoisotopic (exact) mass is 277 g/mol. The molecule has 1 atom stereocenters. The van der Waals surface area contributed by atoms with Gasteiger partial charge >= 0.3 is 6.09 Å². The van der Waals surface area contributed by atoms with Crippen molar-refractivity contribution in [3.63, 3.8) is 0 Å². The van der Waals surface area contributed by atoms with Crippen LogP contribution in [0.5, 0.6) is 0 Å². The molecule has 0 bridgehead atoms. The number of hydrogen-bond acceptors (Lipinski definition) is 3. The van der Waals surface area contributed by atoms with Crippen molar-refractivity contribution in [3.8, 4) is 0 Å². The maximum Gasteiger partial charge on any atom is 0.408 e. The van der Waals surface area contributed by atoms with E-state index in [-0.39, 0.29) is 5.78 Å². The molecule has 1 rings (SSSR count). The molecule has 0 saturated heterocycles. The van der Waals surface area contributed by atoms with E-state index in [9.17, 15) is 9.59 Å². The summed E-state index contributed by atoms with van der Waals surface area (Å²) in [4.78, 5) is 24.0. The number of Topliss-reactive ketones (excluding diaryl/α,β-unsaturated/α-hetero) is 1. The highest BCUT2D eigenvalue weighted by Gasteiger charge is 2.24. The van der Waals surface area contributed by atoms with E-state index in [2.05, 4.69) is 5.32 Å². The van der Waals surface area contributed by atoms with E-state index in [0.29, 0.717) is 6.42 Å². The maximum absolute atomic E-state index is 12.2. The Morgan fingerprint density at radius 3 is 2.30 bits per heavy atom. The van der Waals surface area contributed by atoms with Gasteiger partial charge in [0.05, 0.1) is 0 Å². The Kier molecular flexibility index (Phi) is 5.74. The van der Waals surface area contributed by atoms with Crippen LogP contribution in [0.25, 0.3) is 0 Å². The van der Waals surface area contributed by atoms with E-state index >= 15 is 0 Å². The lowest BCUT2D eigenvalue weighted by molar-refractivity contribution is -0.121. The normalized spacial score (nSPS) is 12.6. The number of alkyl carbamates (subject to hydrolysis) is 1. The van der Waals surface area contributed by atoms with Crippen molar-refractivity contribution in [2.45, 2.75) is 52.2 Å². The van der Waals surface area contributed by atoms with Crippen LogP contribution in [0.4, 0.5) is 4.79 Å². The molecule has 0 aliphatic heterocycles. The van der Waals surface area contributed by atoms with Crippen LogP contribution in [0.2, 0.25) is 0 Å². The molecule has 0 radical (unpaired) electrons. The van der Waals surface area contributed by atoms with Crippen LogP contribution in [-0.4, -0.2) is 17.5 Å². The van der Waals surface area contributed by atoms with Crippen LogP contribution in [0, 0.1) is 0 Å². The average molecular weight is 277 g/mol. The number of carbonyl (C=O) groups excluding carboxylic acids is 2. The number of hydrogen-bond donors (Lipinski definition) is 1. The van der Waals surface area contributed by atoms with Gasteiger partial charge in [-0.15, -0.1) is 0 Å². The first kappa shape index (κ1) is 16.2. The van der Waals surface area contributed by atoms with Crippen molar-refractivity contribution >= 4 is 11.9 Å². The van der Waals surface area contributed by atoms with Crippen LogP contribution < -0.4 is 5.32 Å². The van der Waals surface area contributed by atoms with Gasteiger partial charge in [-0.1, -0.05) is 37.3 Å². The molecule has 0 unspecified atom stereocenters. The van der Waals surface area contributed by atoms with Gasteiger partial charge in [-0.25, -0.2) is 4.79 Å². The first-order valence-corrected chi connectivity index (χ1v) is 6.90. The summed E-state index contributed by atoms with van der Waals surface area (Å²) in [5.74, 6) is -0.00967. The molecule has 4 nitrogen and oxygen atoms in total. The van der Waals surface area contributed by atoms with Crippen molar-refractivity contribution in [2.75, 3.05) is 0 Å². The third-order valence-electron chi connectivity index (χ3n) is 2.61. The quantitative estimate of drug-likeness (QED) is 0.894. The van der Waals surface area contributed by atoms with Gasteiger partial charge in [-0.05, 0) is 32.8 Å². The van der Waals surface area contributed by atoms with Gasteiger partial charge in [0.1, 0.15) is 11.6 Å². The summed E-state index contributed by atoms with van der Waals surface area (Å²) < 4.78 is 5.22. The minimum atomic E-state index is -0.647. The SMILES string of the molecule is CCCC(=O)[C@@H](NC(=O)OC(C)(C)C)c1ccccc1. The molecule has 20 heavy (non-hydrogen) atoms. The molecule has 0 heterocycles. The predicted octanol–water partition coefficient (Wildman–Crippen LogP) is 3.62. The van der Waals surface area contributed by atoms with E-state index in [1.165, 1.54) is 0 Å². The van der Waals surface area contributed by atoms with Crippen LogP contribution in [-0.2, 0) is 9.53 Å². The number of ether oxygens (including phenoxy) is 1. The Morgan fingerprint density at radius 2 is 1.80 bits per heavy atom. The Balaban J connectivity index is 2.84. The third-order valence-corrected chi connectivity index (χ3v) is 2.61. The highest BCUT2D eigenvalue weighted by Crippen LogP contribution is 2.17. The van der Waals surface area contributed by atoms with Crippen molar-refractivity contribution in [2.24, 2.45) is 0 Å². The molecule has 0 aliphatic carbocycles. The summed E-state index contributed by atoms with van der Waals surface area (Å²) in [6.45, 7) is 7.31. The molecule has 110 valence electrons. The second-order valence-corrected chi connectivity index (χ2v) is 5.71. The van der Waals surface area contributed by atoms with Gasteiger partial charge in [0, 0.05) is 6.42 Å². The van der Waals surface area contributed by atoms with E-state index in [1.54, 1.807) is 20.8 Å². The summed E-state index contributed by atoms with van der Waals surface area (Å²) in [6, 6.07) is 8.58. The standard InChI is InChI=1S/C16H23NO3/c1-5-9-13(18)14(12-10-7-6-8-11-12)17-15(19)20-16(2,3)4/h6-8,10-11,14H,5,9H2,1-4H3,(H,17,19)/t14-/m0/s1. The first-order valence-electron chi connectivity index (χ1n) is 6.90. The zero-order valence-corrected chi connectivity index (χ0v) is 12.6. The number of rotatable bonds is 5. The predicted molar refractivity (Wildman–Crippen MR) is 78.5 cm³/mol. The summed E-state index contributed by atoms with van der Waals surface area (Å²) >= 11 is 0. The Morgan fingerprint density at radius 1 is 1.20 bits per heavy atom. The number of ketones is 1. The molecule has 1 aromatic rings. The van der Waals surface area contributed by atoms with Crippen LogP contribution >= 0.6 is 0 Å². The largest absolute Gasteiger partial charge is 0.444 e. The zero-order chi connectivity index (χ0) is 15.2. The topological polar surface area (TPSA) is 55.4 Å².